The van der Waals surface area contributed by atoms with E-state index in [1.165, 1.54) is 0 Å². The SMILES string of the molecule is CNC(=O)C(C)CN(C)c1ccc(C(C)O)cc1. The fraction of sp³-hybridized carbons (Fsp3) is 0.500. The van der Waals surface area contributed by atoms with Crippen molar-refractivity contribution < 1.29 is 9.90 Å². The Hall–Kier alpha value is -1.55. The topological polar surface area (TPSA) is 52.6 Å². The molecule has 0 bridgehead atoms. The number of carbonyl (C=O) groups excluding carboxylic acids is 1. The number of hydrogen-bond donors (Lipinski definition) is 2. The van der Waals surface area contributed by atoms with Crippen LogP contribution in [0.15, 0.2) is 24.3 Å². The molecule has 0 radical (unpaired) electrons. The van der Waals surface area contributed by atoms with Crippen molar-refractivity contribution in [3.8, 4) is 0 Å². The fourth-order valence-electron chi connectivity index (χ4n) is 1.85. The van der Waals surface area contributed by atoms with E-state index in [2.05, 4.69) is 5.32 Å². The molecule has 100 valence electrons. The highest BCUT2D eigenvalue weighted by molar-refractivity contribution is 5.78. The maximum atomic E-state index is 11.5. The Morgan fingerprint density at radius 1 is 1.33 bits per heavy atom. The Labute approximate surface area is 109 Å². The first-order valence-corrected chi connectivity index (χ1v) is 6.16. The largest absolute Gasteiger partial charge is 0.389 e. The van der Waals surface area contributed by atoms with Gasteiger partial charge in [-0.05, 0) is 24.6 Å². The van der Waals surface area contributed by atoms with E-state index in [-0.39, 0.29) is 11.8 Å². The van der Waals surface area contributed by atoms with Gasteiger partial charge in [-0.1, -0.05) is 19.1 Å². The Morgan fingerprint density at radius 3 is 2.33 bits per heavy atom. The number of anilines is 1. The van der Waals surface area contributed by atoms with Gasteiger partial charge in [0.15, 0.2) is 0 Å². The molecule has 2 atom stereocenters. The van der Waals surface area contributed by atoms with E-state index >= 15 is 0 Å². The molecule has 0 aliphatic rings. The highest BCUT2D eigenvalue weighted by Crippen LogP contribution is 2.18. The summed E-state index contributed by atoms with van der Waals surface area (Å²) in [7, 11) is 3.60. The van der Waals surface area contributed by atoms with Crippen LogP contribution >= 0.6 is 0 Å². The molecule has 4 nitrogen and oxygen atoms in total. The van der Waals surface area contributed by atoms with Crippen LogP contribution in [0.5, 0.6) is 0 Å². The normalized spacial score (nSPS) is 13.8. The van der Waals surface area contributed by atoms with Crippen molar-refractivity contribution in [1.82, 2.24) is 5.32 Å². The summed E-state index contributed by atoms with van der Waals surface area (Å²) in [5.74, 6) is -0.0149. The van der Waals surface area contributed by atoms with Crippen molar-refractivity contribution in [1.29, 1.82) is 0 Å². The zero-order chi connectivity index (χ0) is 13.7. The summed E-state index contributed by atoms with van der Waals surface area (Å²) in [6.07, 6.45) is -0.450. The molecule has 2 N–H and O–H groups in total. The van der Waals surface area contributed by atoms with Crippen molar-refractivity contribution in [3.63, 3.8) is 0 Å². The summed E-state index contributed by atoms with van der Waals surface area (Å²) in [5.41, 5.74) is 1.93. The molecule has 0 heterocycles. The van der Waals surface area contributed by atoms with E-state index in [9.17, 15) is 9.90 Å². The predicted molar refractivity (Wildman–Crippen MR) is 73.6 cm³/mol. The third-order valence-electron chi connectivity index (χ3n) is 3.06. The smallest absolute Gasteiger partial charge is 0.224 e. The number of carbonyl (C=O) groups is 1. The van der Waals surface area contributed by atoms with E-state index in [4.69, 9.17) is 0 Å². The number of nitrogens with zero attached hydrogens (tertiary/aromatic N) is 1. The van der Waals surface area contributed by atoms with Gasteiger partial charge < -0.3 is 15.3 Å². The van der Waals surface area contributed by atoms with E-state index in [0.717, 1.165) is 11.3 Å². The van der Waals surface area contributed by atoms with E-state index in [1.807, 2.05) is 43.1 Å². The van der Waals surface area contributed by atoms with E-state index in [0.29, 0.717) is 6.54 Å². The van der Waals surface area contributed by atoms with Gasteiger partial charge in [-0.15, -0.1) is 0 Å². The number of aliphatic hydroxyl groups excluding tert-OH is 1. The van der Waals surface area contributed by atoms with Crippen LogP contribution in [0.2, 0.25) is 0 Å². The highest BCUT2D eigenvalue weighted by atomic mass is 16.3. The molecule has 1 amide bonds. The maximum absolute atomic E-state index is 11.5. The molecular formula is C14H22N2O2. The molecule has 0 spiro atoms. The molecular weight excluding hydrogens is 228 g/mol. The van der Waals surface area contributed by atoms with E-state index < -0.39 is 6.10 Å². The lowest BCUT2D eigenvalue weighted by atomic mass is 10.1. The Bertz CT molecular complexity index is 387. The van der Waals surface area contributed by atoms with Gasteiger partial charge in [0.2, 0.25) is 5.91 Å². The van der Waals surface area contributed by atoms with Crippen molar-refractivity contribution in [2.75, 3.05) is 25.5 Å². The summed E-state index contributed by atoms with van der Waals surface area (Å²) in [6.45, 7) is 4.31. The summed E-state index contributed by atoms with van der Waals surface area (Å²) in [5, 5.41) is 12.1. The molecule has 0 aliphatic carbocycles. The highest BCUT2D eigenvalue weighted by Gasteiger charge is 2.14. The van der Waals surface area contributed by atoms with Crippen LogP contribution < -0.4 is 10.2 Å². The van der Waals surface area contributed by atoms with E-state index in [1.54, 1.807) is 14.0 Å². The fourth-order valence-corrected chi connectivity index (χ4v) is 1.85. The standard InChI is InChI=1S/C14H22N2O2/c1-10(14(18)15-3)9-16(4)13-7-5-12(6-8-13)11(2)17/h5-8,10-11,17H,9H2,1-4H3,(H,15,18). The van der Waals surface area contributed by atoms with Gasteiger partial charge in [0.25, 0.3) is 0 Å². The van der Waals surface area contributed by atoms with Crippen molar-refractivity contribution in [2.24, 2.45) is 5.92 Å². The number of benzene rings is 1. The molecule has 0 saturated heterocycles. The average Bonchev–Trinajstić information content (AvgIpc) is 2.37. The average molecular weight is 250 g/mol. The maximum Gasteiger partial charge on any atom is 0.224 e. The summed E-state index contributed by atoms with van der Waals surface area (Å²) >= 11 is 0. The minimum Gasteiger partial charge on any atom is -0.389 e. The van der Waals surface area contributed by atoms with Crippen LogP contribution in [0.1, 0.15) is 25.5 Å². The predicted octanol–water partition coefficient (Wildman–Crippen LogP) is 1.56. The first-order valence-electron chi connectivity index (χ1n) is 6.16. The second-order valence-corrected chi connectivity index (χ2v) is 4.66. The zero-order valence-corrected chi connectivity index (χ0v) is 11.5. The van der Waals surface area contributed by atoms with Gasteiger partial charge in [0.05, 0.1) is 12.0 Å². The summed E-state index contributed by atoms with van der Waals surface area (Å²) in [6, 6.07) is 7.72. The Kier molecular flexibility index (Phi) is 5.16. The molecule has 0 fully saturated rings. The molecule has 2 unspecified atom stereocenters. The molecule has 0 aliphatic heterocycles. The Balaban J connectivity index is 2.67. The van der Waals surface area contributed by atoms with Crippen molar-refractivity contribution >= 4 is 11.6 Å². The second kappa shape index (κ2) is 6.40. The van der Waals surface area contributed by atoms with Gasteiger partial charge in [-0.3, -0.25) is 4.79 Å². The summed E-state index contributed by atoms with van der Waals surface area (Å²) in [4.78, 5) is 13.5. The van der Waals surface area contributed by atoms with Gasteiger partial charge in [-0.25, -0.2) is 0 Å². The van der Waals surface area contributed by atoms with Crippen molar-refractivity contribution in [3.05, 3.63) is 29.8 Å². The molecule has 0 aromatic heterocycles. The van der Waals surface area contributed by atoms with Gasteiger partial charge >= 0.3 is 0 Å². The van der Waals surface area contributed by atoms with Crippen LogP contribution in [0.3, 0.4) is 0 Å². The van der Waals surface area contributed by atoms with Crippen LogP contribution in [-0.2, 0) is 4.79 Å². The lowest BCUT2D eigenvalue weighted by molar-refractivity contribution is -0.123. The van der Waals surface area contributed by atoms with Crippen LogP contribution in [0.4, 0.5) is 5.69 Å². The third kappa shape index (κ3) is 3.74. The van der Waals surface area contributed by atoms with Crippen LogP contribution in [0.25, 0.3) is 0 Å². The number of amides is 1. The minimum atomic E-state index is -0.450. The Morgan fingerprint density at radius 2 is 1.89 bits per heavy atom. The molecule has 0 saturated carbocycles. The molecule has 18 heavy (non-hydrogen) atoms. The number of hydrogen-bond acceptors (Lipinski definition) is 3. The first kappa shape index (κ1) is 14.5. The monoisotopic (exact) mass is 250 g/mol. The molecule has 1 aromatic carbocycles. The number of nitrogens with one attached hydrogen (secondary N) is 1. The molecule has 4 heteroatoms. The quantitative estimate of drug-likeness (QED) is 0.834. The molecule has 1 aromatic rings. The lowest BCUT2D eigenvalue weighted by Gasteiger charge is -2.23. The second-order valence-electron chi connectivity index (χ2n) is 4.66. The van der Waals surface area contributed by atoms with Gasteiger partial charge in [-0.2, -0.15) is 0 Å². The zero-order valence-electron chi connectivity index (χ0n) is 11.5. The van der Waals surface area contributed by atoms with Crippen LogP contribution in [0, 0.1) is 5.92 Å². The van der Waals surface area contributed by atoms with Gasteiger partial charge in [0.1, 0.15) is 0 Å². The van der Waals surface area contributed by atoms with Crippen molar-refractivity contribution in [2.45, 2.75) is 20.0 Å². The number of aliphatic hydroxyl groups is 1. The third-order valence-corrected chi connectivity index (χ3v) is 3.06. The first-order chi connectivity index (χ1) is 8.45. The summed E-state index contributed by atoms with van der Waals surface area (Å²) < 4.78 is 0. The minimum absolute atomic E-state index is 0.0439. The van der Waals surface area contributed by atoms with Gasteiger partial charge in [0, 0.05) is 26.3 Å². The lowest BCUT2D eigenvalue weighted by Crippen LogP contribution is -2.34. The van der Waals surface area contributed by atoms with Crippen LogP contribution in [-0.4, -0.2) is 31.7 Å². The molecule has 1 rings (SSSR count). The number of rotatable bonds is 5.